The van der Waals surface area contributed by atoms with Crippen LogP contribution in [0.2, 0.25) is 0 Å². The van der Waals surface area contributed by atoms with E-state index >= 15 is 0 Å². The summed E-state index contributed by atoms with van der Waals surface area (Å²) in [5.41, 5.74) is 16.1. The second-order valence-electron chi connectivity index (χ2n) is 8.13. The lowest BCUT2D eigenvalue weighted by Crippen LogP contribution is -2.37. The molecule has 1 atom stereocenters. The molecule has 0 bridgehead atoms. The molecular weight excluding hydrogens is 454 g/mol. The van der Waals surface area contributed by atoms with Crippen LogP contribution < -0.4 is 22.1 Å². The highest BCUT2D eigenvalue weighted by Crippen LogP contribution is 2.23. The van der Waals surface area contributed by atoms with Crippen LogP contribution in [0.3, 0.4) is 0 Å². The van der Waals surface area contributed by atoms with Crippen molar-refractivity contribution in [1.82, 2.24) is 10.3 Å². The number of carbonyl (C=O) groups is 2. The van der Waals surface area contributed by atoms with Crippen LogP contribution in [0.1, 0.15) is 22.7 Å². The van der Waals surface area contributed by atoms with Crippen molar-refractivity contribution < 1.29 is 14.3 Å². The molecule has 0 aliphatic rings. The summed E-state index contributed by atoms with van der Waals surface area (Å²) >= 11 is 0. The van der Waals surface area contributed by atoms with E-state index in [1.807, 2.05) is 60.7 Å². The first-order chi connectivity index (χ1) is 17.5. The lowest BCUT2D eigenvalue weighted by atomic mass is 10.0. The molecule has 3 aromatic carbocycles. The van der Waals surface area contributed by atoms with E-state index in [2.05, 4.69) is 15.6 Å². The maximum absolute atomic E-state index is 13.3. The second kappa shape index (κ2) is 11.6. The second-order valence-corrected chi connectivity index (χ2v) is 8.13. The molecule has 0 aliphatic carbocycles. The lowest BCUT2D eigenvalue weighted by molar-refractivity contribution is -0.118. The van der Waals surface area contributed by atoms with Crippen molar-refractivity contribution in [1.29, 1.82) is 0 Å². The van der Waals surface area contributed by atoms with Gasteiger partial charge in [0.1, 0.15) is 18.5 Å². The summed E-state index contributed by atoms with van der Waals surface area (Å²) in [6.45, 7) is 0.432. The van der Waals surface area contributed by atoms with Gasteiger partial charge in [0.2, 0.25) is 0 Å². The number of carbonyl (C=O) groups excluding carboxylic acids is 2. The maximum atomic E-state index is 13.3. The topological polar surface area (TPSA) is 132 Å². The Hall–Kier alpha value is -4.69. The highest BCUT2D eigenvalue weighted by Gasteiger charge is 2.24. The molecule has 36 heavy (non-hydrogen) atoms. The number of nitrogen functional groups attached to an aromatic ring is 1. The van der Waals surface area contributed by atoms with E-state index in [4.69, 9.17) is 16.2 Å². The first kappa shape index (κ1) is 24.4. The van der Waals surface area contributed by atoms with Crippen molar-refractivity contribution in [3.8, 4) is 11.1 Å². The molecular formula is C28H27N5O3. The van der Waals surface area contributed by atoms with E-state index in [1.54, 1.807) is 36.5 Å². The fourth-order valence-corrected chi connectivity index (χ4v) is 3.62. The number of hydrogen-bond donors (Lipinski definition) is 4. The third-order valence-corrected chi connectivity index (χ3v) is 5.53. The standard InChI is InChI=1S/C28H27N5O3/c29-16-20-7-4-8-24(15-20)32-27(34)26(33-28(35)36-18-19-5-2-1-3-6-19)22-11-9-21(10-12-22)23-13-14-25(30)31-17-23/h1-15,17,26H,16,18,29H2,(H2,30,31)(H,32,34)(H,33,35)/t26-/m0/s1. The molecule has 2 amide bonds. The number of aromatic nitrogens is 1. The van der Waals surface area contributed by atoms with Gasteiger partial charge in [-0.3, -0.25) is 4.79 Å². The molecule has 1 aromatic heterocycles. The molecule has 182 valence electrons. The average Bonchev–Trinajstić information content (AvgIpc) is 2.92. The van der Waals surface area contributed by atoms with Gasteiger partial charge >= 0.3 is 6.09 Å². The SMILES string of the molecule is NCc1cccc(NC(=O)[C@@H](NC(=O)OCc2ccccc2)c2ccc(-c3ccc(N)nc3)cc2)c1. The third kappa shape index (κ3) is 6.46. The van der Waals surface area contributed by atoms with E-state index < -0.39 is 18.0 Å². The van der Waals surface area contributed by atoms with E-state index in [0.717, 1.165) is 22.3 Å². The molecule has 0 saturated carbocycles. The third-order valence-electron chi connectivity index (χ3n) is 5.53. The van der Waals surface area contributed by atoms with Gasteiger partial charge in [-0.15, -0.1) is 0 Å². The maximum Gasteiger partial charge on any atom is 0.408 e. The number of amides is 2. The summed E-state index contributed by atoms with van der Waals surface area (Å²) < 4.78 is 5.35. The number of nitrogens with two attached hydrogens (primary N) is 2. The highest BCUT2D eigenvalue weighted by molar-refractivity contribution is 5.97. The van der Waals surface area contributed by atoms with Crippen molar-refractivity contribution in [2.75, 3.05) is 11.1 Å². The van der Waals surface area contributed by atoms with Crippen molar-refractivity contribution >= 4 is 23.5 Å². The number of ether oxygens (including phenoxy) is 1. The minimum Gasteiger partial charge on any atom is -0.445 e. The Morgan fingerprint density at radius 2 is 1.58 bits per heavy atom. The minimum absolute atomic E-state index is 0.0859. The number of nitrogens with one attached hydrogen (secondary N) is 2. The highest BCUT2D eigenvalue weighted by atomic mass is 16.5. The van der Waals surface area contributed by atoms with Gasteiger partial charge in [-0.05, 0) is 46.5 Å². The van der Waals surface area contributed by atoms with Gasteiger partial charge in [0, 0.05) is 24.0 Å². The molecule has 6 N–H and O–H groups in total. The summed E-state index contributed by atoms with van der Waals surface area (Å²) in [5.74, 6) is 0.0201. The molecule has 8 nitrogen and oxygen atoms in total. The Balaban J connectivity index is 1.53. The molecule has 1 heterocycles. The fraction of sp³-hybridized carbons (Fsp3) is 0.107. The minimum atomic E-state index is -0.992. The van der Waals surface area contributed by atoms with Crippen LogP contribution in [0.25, 0.3) is 11.1 Å². The number of rotatable bonds is 8. The van der Waals surface area contributed by atoms with Crippen LogP contribution >= 0.6 is 0 Å². The average molecular weight is 482 g/mol. The van der Waals surface area contributed by atoms with Crippen LogP contribution in [0.4, 0.5) is 16.3 Å². The molecule has 0 fully saturated rings. The number of alkyl carbamates (subject to hydrolysis) is 1. The number of nitrogens with zero attached hydrogens (tertiary/aromatic N) is 1. The zero-order valence-corrected chi connectivity index (χ0v) is 19.6. The molecule has 8 heteroatoms. The van der Waals surface area contributed by atoms with Gasteiger partial charge in [-0.2, -0.15) is 0 Å². The van der Waals surface area contributed by atoms with Gasteiger partial charge in [-0.25, -0.2) is 9.78 Å². The Morgan fingerprint density at radius 3 is 2.28 bits per heavy atom. The van der Waals surface area contributed by atoms with Crippen LogP contribution in [0, 0.1) is 0 Å². The van der Waals surface area contributed by atoms with Gasteiger partial charge in [0.25, 0.3) is 5.91 Å². The summed E-state index contributed by atoms with van der Waals surface area (Å²) in [5, 5.41) is 5.55. The van der Waals surface area contributed by atoms with Crippen LogP contribution in [0.5, 0.6) is 0 Å². The van der Waals surface area contributed by atoms with Crippen LogP contribution in [-0.4, -0.2) is 17.0 Å². The Labute approximate surface area is 209 Å². The zero-order chi connectivity index (χ0) is 25.3. The van der Waals surface area contributed by atoms with Crippen molar-refractivity contribution in [3.63, 3.8) is 0 Å². The quantitative estimate of drug-likeness (QED) is 0.295. The van der Waals surface area contributed by atoms with E-state index in [1.165, 1.54) is 0 Å². The smallest absolute Gasteiger partial charge is 0.408 e. The first-order valence-electron chi connectivity index (χ1n) is 11.4. The van der Waals surface area contributed by atoms with E-state index in [-0.39, 0.29) is 6.61 Å². The van der Waals surface area contributed by atoms with E-state index in [9.17, 15) is 9.59 Å². The largest absolute Gasteiger partial charge is 0.445 e. The number of pyridine rings is 1. The van der Waals surface area contributed by atoms with E-state index in [0.29, 0.717) is 23.6 Å². The first-order valence-corrected chi connectivity index (χ1v) is 11.4. The summed E-state index contributed by atoms with van der Waals surface area (Å²) in [6.07, 6.45) is 0.972. The molecule has 0 unspecified atom stereocenters. The van der Waals surface area contributed by atoms with Crippen LogP contribution in [0.15, 0.2) is 97.2 Å². The predicted molar refractivity (Wildman–Crippen MR) is 140 cm³/mol. The fourth-order valence-electron chi connectivity index (χ4n) is 3.62. The lowest BCUT2D eigenvalue weighted by Gasteiger charge is -2.19. The van der Waals surface area contributed by atoms with Gasteiger partial charge in [0.15, 0.2) is 0 Å². The number of hydrogen-bond acceptors (Lipinski definition) is 6. The molecule has 4 rings (SSSR count). The Morgan fingerprint density at radius 1 is 0.861 bits per heavy atom. The number of anilines is 2. The van der Waals surface area contributed by atoms with Gasteiger partial charge in [-0.1, -0.05) is 66.7 Å². The monoisotopic (exact) mass is 481 g/mol. The summed E-state index contributed by atoms with van der Waals surface area (Å²) in [7, 11) is 0. The van der Waals surface area contributed by atoms with Crippen molar-refractivity contribution in [2.24, 2.45) is 5.73 Å². The molecule has 0 saturated heterocycles. The van der Waals surface area contributed by atoms with Crippen LogP contribution in [-0.2, 0) is 22.7 Å². The van der Waals surface area contributed by atoms with Crippen molar-refractivity contribution in [3.05, 3.63) is 114 Å². The Bertz CT molecular complexity index is 1310. The normalized spacial score (nSPS) is 11.4. The molecule has 0 radical (unpaired) electrons. The summed E-state index contributed by atoms with van der Waals surface area (Å²) in [6, 6.07) is 26.4. The number of benzene rings is 3. The van der Waals surface area contributed by atoms with Gasteiger partial charge in [0.05, 0.1) is 0 Å². The Kier molecular flexibility index (Phi) is 7.90. The van der Waals surface area contributed by atoms with Gasteiger partial charge < -0.3 is 26.8 Å². The molecule has 0 spiro atoms. The molecule has 4 aromatic rings. The van der Waals surface area contributed by atoms with Crippen molar-refractivity contribution in [2.45, 2.75) is 19.2 Å². The predicted octanol–water partition coefficient (Wildman–Crippen LogP) is 4.40. The zero-order valence-electron chi connectivity index (χ0n) is 19.6. The summed E-state index contributed by atoms with van der Waals surface area (Å²) in [4.78, 5) is 30.0. The molecule has 0 aliphatic heterocycles.